The molecule has 0 saturated carbocycles. The lowest BCUT2D eigenvalue weighted by Gasteiger charge is -2.11. The van der Waals surface area contributed by atoms with Gasteiger partial charge in [0.2, 0.25) is 5.91 Å². The van der Waals surface area contributed by atoms with E-state index in [0.29, 0.717) is 6.42 Å². The number of benzene rings is 1. The Balaban J connectivity index is 2.53. The van der Waals surface area contributed by atoms with Gasteiger partial charge in [0.1, 0.15) is 11.6 Å². The summed E-state index contributed by atoms with van der Waals surface area (Å²) in [6.07, 6.45) is 1.39. The van der Waals surface area contributed by atoms with Crippen molar-refractivity contribution in [2.24, 2.45) is 5.73 Å². The number of nitrogens with one attached hydrogen (secondary N) is 1. The van der Waals surface area contributed by atoms with Crippen LogP contribution in [0.15, 0.2) is 18.2 Å². The molecule has 0 aromatic heterocycles. The summed E-state index contributed by atoms with van der Waals surface area (Å²) < 4.78 is 25.9. The van der Waals surface area contributed by atoms with E-state index in [9.17, 15) is 13.6 Å². The van der Waals surface area contributed by atoms with Crippen molar-refractivity contribution >= 4 is 5.91 Å². The Morgan fingerprint density at radius 3 is 2.76 bits per heavy atom. The lowest BCUT2D eigenvalue weighted by molar-refractivity contribution is -0.122. The van der Waals surface area contributed by atoms with Crippen LogP contribution in [0.5, 0.6) is 0 Å². The monoisotopic (exact) mass is 242 g/mol. The molecular weight excluding hydrogens is 226 g/mol. The average molecular weight is 242 g/mol. The van der Waals surface area contributed by atoms with E-state index >= 15 is 0 Å². The van der Waals surface area contributed by atoms with Gasteiger partial charge in [-0.15, -0.1) is 0 Å². The molecule has 0 radical (unpaired) electrons. The van der Waals surface area contributed by atoms with Crippen molar-refractivity contribution in [3.05, 3.63) is 35.4 Å². The number of hydrogen-bond donors (Lipinski definition) is 2. The van der Waals surface area contributed by atoms with Gasteiger partial charge in [0.15, 0.2) is 0 Å². The van der Waals surface area contributed by atoms with Gasteiger partial charge in [0.25, 0.3) is 0 Å². The van der Waals surface area contributed by atoms with Gasteiger partial charge in [-0.25, -0.2) is 8.78 Å². The molecule has 94 valence electrons. The van der Waals surface area contributed by atoms with Crippen LogP contribution in [-0.4, -0.2) is 11.9 Å². The normalized spacial score (nSPS) is 12.2. The molecule has 1 amide bonds. The minimum atomic E-state index is -0.672. The van der Waals surface area contributed by atoms with E-state index in [-0.39, 0.29) is 18.0 Å². The summed E-state index contributed by atoms with van der Waals surface area (Å²) in [6, 6.07) is 2.66. The molecule has 0 bridgehead atoms. The Hall–Kier alpha value is -1.49. The molecule has 3 nitrogen and oxygen atoms in total. The van der Waals surface area contributed by atoms with Gasteiger partial charge in [0, 0.05) is 18.2 Å². The summed E-state index contributed by atoms with van der Waals surface area (Å²) >= 11 is 0. The topological polar surface area (TPSA) is 55.1 Å². The van der Waals surface area contributed by atoms with Crippen molar-refractivity contribution in [3.63, 3.8) is 0 Å². The molecule has 0 heterocycles. The van der Waals surface area contributed by atoms with E-state index < -0.39 is 17.7 Å². The zero-order valence-electron chi connectivity index (χ0n) is 9.67. The molecule has 0 aliphatic rings. The standard InChI is InChI=1S/C12H16F2N2O/c1-2-3-11(15)12(17)16-7-8-4-5-9(13)6-10(8)14/h4-6,11H,2-3,7,15H2,1H3,(H,16,17). The Morgan fingerprint density at radius 2 is 2.18 bits per heavy atom. The number of amides is 1. The summed E-state index contributed by atoms with van der Waals surface area (Å²) in [4.78, 5) is 11.5. The number of halogens is 2. The van der Waals surface area contributed by atoms with Crippen molar-refractivity contribution in [1.82, 2.24) is 5.32 Å². The molecule has 0 fully saturated rings. The van der Waals surface area contributed by atoms with Crippen LogP contribution in [-0.2, 0) is 11.3 Å². The van der Waals surface area contributed by atoms with Crippen molar-refractivity contribution in [2.75, 3.05) is 0 Å². The van der Waals surface area contributed by atoms with E-state index in [1.807, 2.05) is 6.92 Å². The summed E-state index contributed by atoms with van der Waals surface area (Å²) in [5, 5.41) is 2.52. The second-order valence-corrected chi connectivity index (χ2v) is 3.85. The molecule has 1 aromatic rings. The quantitative estimate of drug-likeness (QED) is 0.825. The Labute approximate surface area is 99.0 Å². The molecule has 0 aliphatic carbocycles. The summed E-state index contributed by atoms with van der Waals surface area (Å²) in [6.45, 7) is 1.94. The van der Waals surface area contributed by atoms with E-state index in [1.54, 1.807) is 0 Å². The Bertz CT molecular complexity index is 396. The lowest BCUT2D eigenvalue weighted by Crippen LogP contribution is -2.40. The third kappa shape index (κ3) is 4.11. The molecule has 17 heavy (non-hydrogen) atoms. The van der Waals surface area contributed by atoms with Crippen LogP contribution >= 0.6 is 0 Å². The molecule has 1 atom stereocenters. The lowest BCUT2D eigenvalue weighted by atomic mass is 10.1. The first-order valence-electron chi connectivity index (χ1n) is 5.51. The summed E-state index contributed by atoms with van der Waals surface area (Å²) in [5.41, 5.74) is 5.83. The minimum Gasteiger partial charge on any atom is -0.351 e. The van der Waals surface area contributed by atoms with Crippen LogP contribution in [0, 0.1) is 11.6 Å². The van der Waals surface area contributed by atoms with Gasteiger partial charge in [-0.2, -0.15) is 0 Å². The molecule has 0 saturated heterocycles. The second-order valence-electron chi connectivity index (χ2n) is 3.85. The molecular formula is C12H16F2N2O. The molecule has 0 aliphatic heterocycles. The number of rotatable bonds is 5. The number of carbonyl (C=O) groups excluding carboxylic acids is 1. The maximum atomic E-state index is 13.2. The maximum absolute atomic E-state index is 13.2. The van der Waals surface area contributed by atoms with Crippen LogP contribution in [0.25, 0.3) is 0 Å². The van der Waals surface area contributed by atoms with Gasteiger partial charge in [-0.1, -0.05) is 19.4 Å². The van der Waals surface area contributed by atoms with E-state index in [0.717, 1.165) is 18.6 Å². The third-order valence-electron chi connectivity index (χ3n) is 2.40. The smallest absolute Gasteiger partial charge is 0.237 e. The van der Waals surface area contributed by atoms with E-state index in [4.69, 9.17) is 5.73 Å². The van der Waals surface area contributed by atoms with E-state index in [1.165, 1.54) is 6.07 Å². The van der Waals surface area contributed by atoms with Gasteiger partial charge in [-0.05, 0) is 12.5 Å². The van der Waals surface area contributed by atoms with Gasteiger partial charge in [-0.3, -0.25) is 4.79 Å². The minimum absolute atomic E-state index is 0.0162. The molecule has 3 N–H and O–H groups in total. The van der Waals surface area contributed by atoms with Crippen LogP contribution in [0.2, 0.25) is 0 Å². The SMILES string of the molecule is CCCC(N)C(=O)NCc1ccc(F)cc1F. The Kier molecular flexibility index (Phi) is 5.03. The highest BCUT2D eigenvalue weighted by atomic mass is 19.1. The fourth-order valence-corrected chi connectivity index (χ4v) is 1.42. The van der Waals surface area contributed by atoms with Crippen LogP contribution in [0.1, 0.15) is 25.3 Å². The predicted molar refractivity (Wildman–Crippen MR) is 61.1 cm³/mol. The van der Waals surface area contributed by atoms with Crippen LogP contribution in [0.3, 0.4) is 0 Å². The first kappa shape index (κ1) is 13.6. The van der Waals surface area contributed by atoms with Gasteiger partial charge < -0.3 is 11.1 Å². The fraction of sp³-hybridized carbons (Fsp3) is 0.417. The Morgan fingerprint density at radius 1 is 1.47 bits per heavy atom. The fourth-order valence-electron chi connectivity index (χ4n) is 1.42. The summed E-state index contributed by atoms with van der Waals surface area (Å²) in [5.74, 6) is -1.63. The number of hydrogen-bond acceptors (Lipinski definition) is 2. The average Bonchev–Trinajstić information content (AvgIpc) is 2.27. The zero-order chi connectivity index (χ0) is 12.8. The number of nitrogens with two attached hydrogens (primary N) is 1. The third-order valence-corrected chi connectivity index (χ3v) is 2.40. The zero-order valence-corrected chi connectivity index (χ0v) is 9.67. The largest absolute Gasteiger partial charge is 0.351 e. The highest BCUT2D eigenvalue weighted by molar-refractivity contribution is 5.81. The van der Waals surface area contributed by atoms with Crippen molar-refractivity contribution < 1.29 is 13.6 Å². The predicted octanol–water partition coefficient (Wildman–Crippen LogP) is 1.71. The summed E-state index contributed by atoms with van der Waals surface area (Å²) in [7, 11) is 0. The van der Waals surface area contributed by atoms with Crippen LogP contribution in [0.4, 0.5) is 8.78 Å². The second kappa shape index (κ2) is 6.30. The molecule has 0 spiro atoms. The van der Waals surface area contributed by atoms with Crippen molar-refractivity contribution in [3.8, 4) is 0 Å². The van der Waals surface area contributed by atoms with Gasteiger partial charge in [0.05, 0.1) is 6.04 Å². The molecule has 1 rings (SSSR count). The first-order chi connectivity index (χ1) is 8.04. The van der Waals surface area contributed by atoms with Gasteiger partial charge >= 0.3 is 0 Å². The highest BCUT2D eigenvalue weighted by Crippen LogP contribution is 2.09. The molecule has 5 heteroatoms. The molecule has 1 aromatic carbocycles. The highest BCUT2D eigenvalue weighted by Gasteiger charge is 2.12. The van der Waals surface area contributed by atoms with Crippen molar-refractivity contribution in [2.45, 2.75) is 32.4 Å². The first-order valence-corrected chi connectivity index (χ1v) is 5.51. The van der Waals surface area contributed by atoms with Crippen molar-refractivity contribution in [1.29, 1.82) is 0 Å². The number of carbonyl (C=O) groups is 1. The maximum Gasteiger partial charge on any atom is 0.237 e. The molecule has 1 unspecified atom stereocenters. The van der Waals surface area contributed by atoms with E-state index in [2.05, 4.69) is 5.32 Å². The van der Waals surface area contributed by atoms with Crippen LogP contribution < -0.4 is 11.1 Å².